The van der Waals surface area contributed by atoms with Gasteiger partial charge in [-0.3, -0.25) is 9.10 Å². The number of amides is 1. The highest BCUT2D eigenvalue weighted by atomic mass is 32.2. The molecule has 2 aromatic rings. The summed E-state index contributed by atoms with van der Waals surface area (Å²) in [4.78, 5) is 12.8. The van der Waals surface area contributed by atoms with Crippen molar-refractivity contribution in [2.75, 3.05) is 22.8 Å². The maximum Gasteiger partial charge on any atom is 0.250 e. The van der Waals surface area contributed by atoms with Crippen LogP contribution in [-0.4, -0.2) is 32.2 Å². The van der Waals surface area contributed by atoms with Crippen molar-refractivity contribution in [3.05, 3.63) is 54.6 Å². The zero-order valence-corrected chi connectivity index (χ0v) is 15.2. The van der Waals surface area contributed by atoms with Crippen LogP contribution < -0.4 is 14.4 Å². The summed E-state index contributed by atoms with van der Waals surface area (Å²) in [5, 5.41) is 2.76. The van der Waals surface area contributed by atoms with E-state index < -0.39 is 20.7 Å². The van der Waals surface area contributed by atoms with Gasteiger partial charge in [-0.25, -0.2) is 8.42 Å². The van der Waals surface area contributed by atoms with E-state index in [9.17, 15) is 13.2 Å². The molecular formula is C19H20N2O4S. The first-order valence-electron chi connectivity index (χ1n) is 8.60. The molecule has 0 bridgehead atoms. The fraction of sp³-hybridized carbons (Fsp3) is 0.316. The molecule has 1 N–H and O–H groups in total. The highest BCUT2D eigenvalue weighted by Gasteiger charge is 2.75. The average Bonchev–Trinajstić information content (AvgIpc) is 3.33. The van der Waals surface area contributed by atoms with Gasteiger partial charge >= 0.3 is 0 Å². The maximum absolute atomic E-state index is 13.1. The summed E-state index contributed by atoms with van der Waals surface area (Å²) < 4.78 is 31.5. The Morgan fingerprint density at radius 2 is 1.88 bits per heavy atom. The van der Waals surface area contributed by atoms with Gasteiger partial charge in [-0.1, -0.05) is 18.2 Å². The quantitative estimate of drug-likeness (QED) is 0.875. The number of rotatable bonds is 5. The van der Waals surface area contributed by atoms with Crippen molar-refractivity contribution < 1.29 is 17.9 Å². The van der Waals surface area contributed by atoms with Crippen LogP contribution in [0.4, 0.5) is 11.4 Å². The summed E-state index contributed by atoms with van der Waals surface area (Å²) >= 11 is 0. The molecule has 0 aromatic heterocycles. The number of nitrogens with one attached hydrogen (secondary N) is 1. The van der Waals surface area contributed by atoms with E-state index in [1.807, 2.05) is 13.0 Å². The number of sulfonamides is 1. The van der Waals surface area contributed by atoms with Crippen molar-refractivity contribution in [2.24, 2.45) is 5.92 Å². The predicted molar refractivity (Wildman–Crippen MR) is 99.8 cm³/mol. The SMILES string of the molecule is CCOc1ccc(NC(=O)C23CC2CN(c2ccccc2)S3(=O)=O)cc1. The highest BCUT2D eigenvalue weighted by molar-refractivity contribution is 7.95. The molecule has 1 saturated heterocycles. The molecule has 1 aliphatic carbocycles. The second kappa shape index (κ2) is 6.02. The van der Waals surface area contributed by atoms with E-state index >= 15 is 0 Å². The number of carbonyl (C=O) groups excluding carboxylic acids is 1. The Morgan fingerprint density at radius 3 is 2.54 bits per heavy atom. The lowest BCUT2D eigenvalue weighted by molar-refractivity contribution is -0.116. The van der Waals surface area contributed by atoms with E-state index in [4.69, 9.17) is 4.74 Å². The third kappa shape index (κ3) is 2.46. The molecule has 0 radical (unpaired) electrons. The Kier molecular flexibility index (Phi) is 3.91. The average molecular weight is 372 g/mol. The molecule has 26 heavy (non-hydrogen) atoms. The Balaban J connectivity index is 1.55. The molecule has 0 spiro atoms. The lowest BCUT2D eigenvalue weighted by Crippen LogP contribution is -2.42. The summed E-state index contributed by atoms with van der Waals surface area (Å²) in [6, 6.07) is 15.9. The van der Waals surface area contributed by atoms with Gasteiger partial charge in [0.25, 0.3) is 0 Å². The molecule has 2 aliphatic rings. The third-order valence-electron chi connectivity index (χ3n) is 5.04. The molecule has 1 saturated carbocycles. The van der Waals surface area contributed by atoms with Crippen LogP contribution in [0.1, 0.15) is 13.3 Å². The second-order valence-corrected chi connectivity index (χ2v) is 8.69. The van der Waals surface area contributed by atoms with Crippen molar-refractivity contribution in [3.8, 4) is 5.75 Å². The number of hydrogen-bond acceptors (Lipinski definition) is 4. The van der Waals surface area contributed by atoms with Crippen LogP contribution in [0.2, 0.25) is 0 Å². The first-order chi connectivity index (χ1) is 12.5. The minimum absolute atomic E-state index is 0.171. The van der Waals surface area contributed by atoms with Crippen LogP contribution in [0.3, 0.4) is 0 Å². The Bertz CT molecular complexity index is 928. The smallest absolute Gasteiger partial charge is 0.250 e. The zero-order valence-electron chi connectivity index (χ0n) is 14.4. The number of benzene rings is 2. The van der Waals surface area contributed by atoms with Gasteiger partial charge in [0.2, 0.25) is 15.9 Å². The standard InChI is InChI=1S/C19H20N2O4S/c1-2-25-17-10-8-15(9-11-17)20-18(22)19-12-14(19)13-21(26(19,23)24)16-6-4-3-5-7-16/h3-11,14H,2,12-13H2,1H3,(H,20,22). The van der Waals surface area contributed by atoms with Crippen LogP contribution in [0.15, 0.2) is 54.6 Å². The van der Waals surface area contributed by atoms with E-state index in [0.717, 1.165) is 0 Å². The van der Waals surface area contributed by atoms with Gasteiger partial charge in [-0.2, -0.15) is 0 Å². The number of hydrogen-bond donors (Lipinski definition) is 1. The van der Waals surface area contributed by atoms with E-state index in [1.165, 1.54) is 4.31 Å². The summed E-state index contributed by atoms with van der Waals surface area (Å²) in [6.45, 7) is 2.80. The first-order valence-corrected chi connectivity index (χ1v) is 10.0. The van der Waals surface area contributed by atoms with Crippen molar-refractivity contribution in [3.63, 3.8) is 0 Å². The summed E-state index contributed by atoms with van der Waals surface area (Å²) in [5.41, 5.74) is 1.17. The summed E-state index contributed by atoms with van der Waals surface area (Å²) in [5.74, 6) is 0.0807. The normalized spacial score (nSPS) is 25.4. The molecule has 4 rings (SSSR count). The fourth-order valence-corrected chi connectivity index (χ4v) is 5.96. The lowest BCUT2D eigenvalue weighted by Gasteiger charge is -2.22. The number of anilines is 2. The summed E-state index contributed by atoms with van der Waals surface area (Å²) in [7, 11) is -3.75. The summed E-state index contributed by atoms with van der Waals surface area (Å²) in [6.07, 6.45) is 0.377. The molecule has 2 aromatic carbocycles. The van der Waals surface area contributed by atoms with E-state index in [0.29, 0.717) is 36.7 Å². The maximum atomic E-state index is 13.1. The van der Waals surface area contributed by atoms with Crippen LogP contribution in [0.25, 0.3) is 0 Å². The van der Waals surface area contributed by atoms with Crippen molar-refractivity contribution >= 4 is 27.3 Å². The van der Waals surface area contributed by atoms with Crippen molar-refractivity contribution in [2.45, 2.75) is 18.1 Å². The van der Waals surface area contributed by atoms with Gasteiger partial charge in [0.1, 0.15) is 5.75 Å². The second-order valence-electron chi connectivity index (χ2n) is 6.57. The van der Waals surface area contributed by atoms with E-state index in [-0.39, 0.29) is 5.92 Å². The third-order valence-corrected chi connectivity index (χ3v) is 7.58. The number of nitrogens with zero attached hydrogens (tertiary/aromatic N) is 1. The fourth-order valence-electron chi connectivity index (χ4n) is 3.60. The molecule has 1 heterocycles. The molecule has 1 aliphatic heterocycles. The minimum Gasteiger partial charge on any atom is -0.494 e. The molecule has 6 nitrogen and oxygen atoms in total. The number of fused-ring (bicyclic) bond motifs is 1. The van der Waals surface area contributed by atoms with E-state index in [2.05, 4.69) is 5.32 Å². The van der Waals surface area contributed by atoms with Gasteiger partial charge in [-0.15, -0.1) is 0 Å². The Labute approximate surface area is 152 Å². The molecule has 2 fully saturated rings. The molecule has 2 unspecified atom stereocenters. The molecule has 2 atom stereocenters. The molecule has 1 amide bonds. The predicted octanol–water partition coefficient (Wildman–Crippen LogP) is 2.63. The zero-order chi connectivity index (χ0) is 18.4. The van der Waals surface area contributed by atoms with E-state index in [1.54, 1.807) is 48.5 Å². The first kappa shape index (κ1) is 16.9. The van der Waals surface area contributed by atoms with Gasteiger partial charge in [0.05, 0.1) is 12.3 Å². The van der Waals surface area contributed by atoms with Gasteiger partial charge in [0.15, 0.2) is 4.75 Å². The molecule has 136 valence electrons. The molecular weight excluding hydrogens is 352 g/mol. The topological polar surface area (TPSA) is 75.7 Å². The highest BCUT2D eigenvalue weighted by Crippen LogP contribution is 2.58. The van der Waals surface area contributed by atoms with Crippen LogP contribution >= 0.6 is 0 Å². The Morgan fingerprint density at radius 1 is 1.19 bits per heavy atom. The number of para-hydroxylation sites is 1. The largest absolute Gasteiger partial charge is 0.494 e. The van der Waals surface area contributed by atoms with Gasteiger partial charge in [-0.05, 0) is 49.7 Å². The van der Waals surface area contributed by atoms with Crippen LogP contribution in [-0.2, 0) is 14.8 Å². The molecule has 7 heteroatoms. The minimum atomic E-state index is -3.75. The van der Waals surface area contributed by atoms with Crippen LogP contribution in [0.5, 0.6) is 5.75 Å². The van der Waals surface area contributed by atoms with Crippen molar-refractivity contribution in [1.82, 2.24) is 0 Å². The van der Waals surface area contributed by atoms with Crippen LogP contribution in [0, 0.1) is 5.92 Å². The van der Waals surface area contributed by atoms with Gasteiger partial charge in [0, 0.05) is 18.2 Å². The Hall–Kier alpha value is -2.54. The number of ether oxygens (including phenoxy) is 1. The van der Waals surface area contributed by atoms with Gasteiger partial charge < -0.3 is 10.1 Å². The number of carbonyl (C=O) groups is 1. The van der Waals surface area contributed by atoms with Crippen molar-refractivity contribution in [1.29, 1.82) is 0 Å². The lowest BCUT2D eigenvalue weighted by atomic mass is 10.2. The monoisotopic (exact) mass is 372 g/mol.